The number of rotatable bonds is 1. The molecule has 6 heteroatoms. The molecule has 0 aromatic carbocycles. The molecule has 1 aliphatic rings. The first kappa shape index (κ1) is 12.7. The van der Waals surface area contributed by atoms with Crippen LogP contribution >= 0.6 is 0 Å². The van der Waals surface area contributed by atoms with Gasteiger partial charge in [-0.25, -0.2) is 4.79 Å². The van der Waals surface area contributed by atoms with Crippen LogP contribution in [0.1, 0.15) is 27.7 Å². The van der Waals surface area contributed by atoms with Crippen LogP contribution in [0.2, 0.25) is 0 Å². The van der Waals surface area contributed by atoms with Crippen LogP contribution < -0.4 is 21.0 Å². The van der Waals surface area contributed by atoms with Crippen molar-refractivity contribution in [1.29, 1.82) is 0 Å². The Labute approximate surface area is 106 Å². The summed E-state index contributed by atoms with van der Waals surface area (Å²) >= 11 is 0. The standard InChI is InChI=1S/C12H20N4O2/c1-7-15(5)9-8(10(17)14-11(18)13-9)16(7)6-12(2,3)4/h7H,6H2,1-5H3,(H2,13,14,17,18). The fourth-order valence-electron chi connectivity index (χ4n) is 2.29. The Balaban J connectivity index is 2.55. The minimum Gasteiger partial charge on any atom is -0.343 e. The molecule has 6 nitrogen and oxygen atoms in total. The van der Waals surface area contributed by atoms with Gasteiger partial charge in [0.1, 0.15) is 11.5 Å². The first-order valence-electron chi connectivity index (χ1n) is 6.07. The van der Waals surface area contributed by atoms with E-state index in [2.05, 4.69) is 30.7 Å². The van der Waals surface area contributed by atoms with Crippen LogP contribution in [0.3, 0.4) is 0 Å². The van der Waals surface area contributed by atoms with Gasteiger partial charge in [0, 0.05) is 13.6 Å². The normalized spacial score (nSPS) is 19.3. The highest BCUT2D eigenvalue weighted by Crippen LogP contribution is 2.34. The Morgan fingerprint density at radius 1 is 1.22 bits per heavy atom. The van der Waals surface area contributed by atoms with Crippen LogP contribution in [-0.4, -0.2) is 29.7 Å². The maximum absolute atomic E-state index is 12.0. The Kier molecular flexibility index (Phi) is 2.76. The number of nitrogens with zero attached hydrogens (tertiary/aromatic N) is 2. The van der Waals surface area contributed by atoms with Crippen molar-refractivity contribution in [2.24, 2.45) is 5.41 Å². The summed E-state index contributed by atoms with van der Waals surface area (Å²) in [5.74, 6) is 0.598. The molecule has 100 valence electrons. The van der Waals surface area contributed by atoms with Crippen LogP contribution in [0.15, 0.2) is 9.59 Å². The molecule has 1 aromatic heterocycles. The lowest BCUT2D eigenvalue weighted by molar-refractivity contribution is 0.398. The third-order valence-electron chi connectivity index (χ3n) is 3.19. The molecule has 1 aromatic rings. The summed E-state index contributed by atoms with van der Waals surface area (Å²) in [5.41, 5.74) is -0.164. The van der Waals surface area contributed by atoms with Crippen LogP contribution in [0, 0.1) is 5.41 Å². The molecule has 0 spiro atoms. The Hall–Kier alpha value is -1.72. The zero-order chi connectivity index (χ0) is 13.7. The summed E-state index contributed by atoms with van der Waals surface area (Å²) in [6, 6.07) is 0. The lowest BCUT2D eigenvalue weighted by atomic mass is 9.96. The Morgan fingerprint density at radius 2 is 1.83 bits per heavy atom. The van der Waals surface area contributed by atoms with Gasteiger partial charge in [-0.15, -0.1) is 0 Å². The van der Waals surface area contributed by atoms with Gasteiger partial charge in [0.25, 0.3) is 5.56 Å². The van der Waals surface area contributed by atoms with Gasteiger partial charge in [-0.05, 0) is 12.3 Å². The molecule has 0 saturated carbocycles. The molecule has 2 heterocycles. The van der Waals surface area contributed by atoms with Crippen molar-refractivity contribution in [3.63, 3.8) is 0 Å². The predicted octanol–water partition coefficient (Wildman–Crippen LogP) is 0.711. The van der Waals surface area contributed by atoms with E-state index in [0.29, 0.717) is 11.5 Å². The fraction of sp³-hybridized carbons (Fsp3) is 0.667. The van der Waals surface area contributed by atoms with E-state index in [1.807, 2.05) is 23.8 Å². The molecule has 18 heavy (non-hydrogen) atoms. The van der Waals surface area contributed by atoms with Crippen LogP contribution in [0.25, 0.3) is 0 Å². The molecular formula is C12H20N4O2. The van der Waals surface area contributed by atoms with Gasteiger partial charge in [-0.3, -0.25) is 14.8 Å². The van der Waals surface area contributed by atoms with Gasteiger partial charge in [0.15, 0.2) is 0 Å². The highest BCUT2D eigenvalue weighted by molar-refractivity contribution is 5.72. The highest BCUT2D eigenvalue weighted by Gasteiger charge is 2.35. The maximum Gasteiger partial charge on any atom is 0.327 e. The predicted molar refractivity (Wildman–Crippen MR) is 72.3 cm³/mol. The van der Waals surface area contributed by atoms with Crippen molar-refractivity contribution < 1.29 is 0 Å². The zero-order valence-corrected chi connectivity index (χ0v) is 11.5. The van der Waals surface area contributed by atoms with Crippen LogP contribution in [0.5, 0.6) is 0 Å². The molecule has 0 fully saturated rings. The SMILES string of the molecule is CC1N(C)c2[nH]c(=O)[nH]c(=O)c2N1CC(C)(C)C. The van der Waals surface area contributed by atoms with Crippen molar-refractivity contribution in [3.05, 3.63) is 20.8 Å². The number of H-pyrrole nitrogens is 2. The van der Waals surface area contributed by atoms with Crippen molar-refractivity contribution in [2.45, 2.75) is 33.9 Å². The van der Waals surface area contributed by atoms with E-state index in [4.69, 9.17) is 0 Å². The number of fused-ring (bicyclic) bond motifs is 1. The minimum atomic E-state index is -0.463. The molecule has 1 aliphatic heterocycles. The number of nitrogens with one attached hydrogen (secondary N) is 2. The molecule has 0 radical (unpaired) electrons. The second-order valence-corrected chi connectivity index (χ2v) is 6.04. The average Bonchev–Trinajstić information content (AvgIpc) is 2.42. The largest absolute Gasteiger partial charge is 0.343 e. The third-order valence-corrected chi connectivity index (χ3v) is 3.19. The van der Waals surface area contributed by atoms with E-state index in [0.717, 1.165) is 6.54 Å². The summed E-state index contributed by atoms with van der Waals surface area (Å²) in [5, 5.41) is 0. The molecular weight excluding hydrogens is 232 g/mol. The third kappa shape index (κ3) is 2.02. The van der Waals surface area contributed by atoms with E-state index in [-0.39, 0.29) is 17.1 Å². The second kappa shape index (κ2) is 3.90. The number of anilines is 2. The molecule has 0 saturated heterocycles. The van der Waals surface area contributed by atoms with Gasteiger partial charge < -0.3 is 9.80 Å². The fourth-order valence-corrected chi connectivity index (χ4v) is 2.29. The molecule has 2 N–H and O–H groups in total. The van der Waals surface area contributed by atoms with Gasteiger partial charge in [-0.2, -0.15) is 0 Å². The first-order valence-corrected chi connectivity index (χ1v) is 6.07. The summed E-state index contributed by atoms with van der Waals surface area (Å²) in [4.78, 5) is 32.2. The molecule has 0 bridgehead atoms. The van der Waals surface area contributed by atoms with Crippen molar-refractivity contribution >= 4 is 11.5 Å². The maximum atomic E-state index is 12.0. The lowest BCUT2D eigenvalue weighted by Crippen LogP contribution is -2.44. The summed E-state index contributed by atoms with van der Waals surface area (Å²) in [7, 11) is 1.88. The van der Waals surface area contributed by atoms with Crippen molar-refractivity contribution in [3.8, 4) is 0 Å². The van der Waals surface area contributed by atoms with E-state index < -0.39 is 5.69 Å². The number of hydrogen-bond donors (Lipinski definition) is 2. The quantitative estimate of drug-likeness (QED) is 0.772. The van der Waals surface area contributed by atoms with Crippen molar-refractivity contribution in [2.75, 3.05) is 23.4 Å². The molecule has 2 rings (SSSR count). The molecule has 1 unspecified atom stereocenters. The van der Waals surface area contributed by atoms with Crippen molar-refractivity contribution in [1.82, 2.24) is 9.97 Å². The van der Waals surface area contributed by atoms with Crippen LogP contribution in [0.4, 0.5) is 11.5 Å². The topological polar surface area (TPSA) is 72.2 Å². The first-order chi connectivity index (χ1) is 8.20. The zero-order valence-electron chi connectivity index (χ0n) is 11.5. The minimum absolute atomic E-state index is 0.0541. The van der Waals surface area contributed by atoms with Gasteiger partial charge in [0.2, 0.25) is 0 Å². The molecule has 0 aliphatic carbocycles. The number of hydrogen-bond acceptors (Lipinski definition) is 4. The molecule has 0 amide bonds. The van der Waals surface area contributed by atoms with Crippen LogP contribution in [-0.2, 0) is 0 Å². The van der Waals surface area contributed by atoms with Gasteiger partial charge in [-0.1, -0.05) is 20.8 Å². The Bertz CT molecular complexity index is 567. The molecule has 1 atom stereocenters. The average molecular weight is 252 g/mol. The smallest absolute Gasteiger partial charge is 0.327 e. The monoisotopic (exact) mass is 252 g/mol. The summed E-state index contributed by atoms with van der Waals surface area (Å²) in [6.45, 7) is 9.14. The van der Waals surface area contributed by atoms with E-state index in [1.165, 1.54) is 0 Å². The lowest BCUT2D eigenvalue weighted by Gasteiger charge is -2.32. The number of aromatic nitrogens is 2. The van der Waals surface area contributed by atoms with E-state index >= 15 is 0 Å². The highest BCUT2D eigenvalue weighted by atomic mass is 16.2. The summed E-state index contributed by atoms with van der Waals surface area (Å²) in [6.07, 6.45) is 0.0541. The second-order valence-electron chi connectivity index (χ2n) is 6.04. The van der Waals surface area contributed by atoms with E-state index in [9.17, 15) is 9.59 Å². The van der Waals surface area contributed by atoms with Gasteiger partial charge >= 0.3 is 5.69 Å². The van der Waals surface area contributed by atoms with E-state index in [1.54, 1.807) is 0 Å². The summed E-state index contributed by atoms with van der Waals surface area (Å²) < 4.78 is 0. The Morgan fingerprint density at radius 3 is 2.39 bits per heavy atom. The van der Waals surface area contributed by atoms with Gasteiger partial charge in [0.05, 0.1) is 6.17 Å². The number of aromatic amines is 2.